The van der Waals surface area contributed by atoms with E-state index >= 15 is 0 Å². The highest BCUT2D eigenvalue weighted by molar-refractivity contribution is 9.10. The number of carboxylic acids is 1. The van der Waals surface area contributed by atoms with Crippen molar-refractivity contribution in [3.8, 4) is 5.69 Å². The van der Waals surface area contributed by atoms with Gasteiger partial charge in [0.1, 0.15) is 0 Å². The maximum atomic E-state index is 10.8. The fraction of sp³-hybridized carbons (Fsp3) is 0.167. The maximum absolute atomic E-state index is 10.8. The highest BCUT2D eigenvalue weighted by atomic mass is 79.9. The van der Waals surface area contributed by atoms with Crippen LogP contribution in [-0.2, 0) is 0 Å². The molecule has 4 nitrogen and oxygen atoms in total. The van der Waals surface area contributed by atoms with Gasteiger partial charge < -0.3 is 5.11 Å². The van der Waals surface area contributed by atoms with E-state index in [1.807, 2.05) is 32.0 Å². The Kier molecular flexibility index (Phi) is 3.02. The van der Waals surface area contributed by atoms with E-state index in [0.29, 0.717) is 0 Å². The van der Waals surface area contributed by atoms with Crippen molar-refractivity contribution in [1.82, 2.24) is 9.78 Å². The standard InChI is InChI=1S/C12H11BrN2O2/c1-7-3-9(13)6-10(4-7)15-8(2)5-11(14-15)12(16)17/h3-6H,1-2H3,(H,16,17). The van der Waals surface area contributed by atoms with Crippen LogP contribution in [-0.4, -0.2) is 20.9 Å². The molecule has 1 aromatic heterocycles. The molecular formula is C12H11BrN2O2. The van der Waals surface area contributed by atoms with Gasteiger partial charge in [-0.05, 0) is 43.7 Å². The fourth-order valence-corrected chi connectivity index (χ4v) is 2.28. The Labute approximate surface area is 107 Å². The number of aromatic carboxylic acids is 1. The van der Waals surface area contributed by atoms with Crippen LogP contribution in [0.3, 0.4) is 0 Å². The van der Waals surface area contributed by atoms with Crippen LogP contribution in [0.5, 0.6) is 0 Å². The van der Waals surface area contributed by atoms with Crippen LogP contribution in [0.1, 0.15) is 21.7 Å². The molecule has 0 aliphatic carbocycles. The molecule has 0 radical (unpaired) electrons. The molecule has 2 aromatic rings. The third kappa shape index (κ3) is 2.39. The van der Waals surface area contributed by atoms with Gasteiger partial charge in [-0.2, -0.15) is 5.10 Å². The first kappa shape index (κ1) is 11.9. The van der Waals surface area contributed by atoms with Gasteiger partial charge in [0.05, 0.1) is 5.69 Å². The monoisotopic (exact) mass is 294 g/mol. The smallest absolute Gasteiger partial charge is 0.356 e. The number of halogens is 1. The number of rotatable bonds is 2. The molecule has 0 saturated heterocycles. The van der Waals surface area contributed by atoms with Crippen LogP contribution < -0.4 is 0 Å². The summed E-state index contributed by atoms with van der Waals surface area (Å²) in [5.74, 6) is -1.02. The van der Waals surface area contributed by atoms with Crippen LogP contribution in [0.2, 0.25) is 0 Å². The normalized spacial score (nSPS) is 10.5. The summed E-state index contributed by atoms with van der Waals surface area (Å²) in [5.41, 5.74) is 2.78. The number of aromatic nitrogens is 2. The van der Waals surface area contributed by atoms with E-state index in [1.165, 1.54) is 0 Å². The van der Waals surface area contributed by atoms with Crippen molar-refractivity contribution in [3.63, 3.8) is 0 Å². The summed E-state index contributed by atoms with van der Waals surface area (Å²) in [6.07, 6.45) is 0. The Morgan fingerprint density at radius 3 is 2.53 bits per heavy atom. The average Bonchev–Trinajstić information content (AvgIpc) is 2.59. The number of benzene rings is 1. The number of aryl methyl sites for hydroxylation is 2. The zero-order valence-corrected chi connectivity index (χ0v) is 11.0. The number of carboxylic acid groups (broad SMARTS) is 1. The molecule has 0 aliphatic heterocycles. The van der Waals surface area contributed by atoms with Gasteiger partial charge >= 0.3 is 5.97 Å². The molecule has 88 valence electrons. The molecule has 1 heterocycles. The van der Waals surface area contributed by atoms with E-state index in [4.69, 9.17) is 5.11 Å². The highest BCUT2D eigenvalue weighted by Gasteiger charge is 2.12. The zero-order chi connectivity index (χ0) is 12.6. The van der Waals surface area contributed by atoms with E-state index in [2.05, 4.69) is 21.0 Å². The van der Waals surface area contributed by atoms with Crippen molar-refractivity contribution in [1.29, 1.82) is 0 Å². The van der Waals surface area contributed by atoms with E-state index in [9.17, 15) is 4.79 Å². The zero-order valence-electron chi connectivity index (χ0n) is 9.44. The maximum Gasteiger partial charge on any atom is 0.356 e. The SMILES string of the molecule is Cc1cc(Br)cc(-n2nc(C(=O)O)cc2C)c1. The van der Waals surface area contributed by atoms with Gasteiger partial charge in [0.15, 0.2) is 5.69 Å². The predicted octanol–water partition coefficient (Wildman–Crippen LogP) is 2.95. The molecule has 17 heavy (non-hydrogen) atoms. The largest absolute Gasteiger partial charge is 0.476 e. The van der Waals surface area contributed by atoms with E-state index in [0.717, 1.165) is 21.4 Å². The minimum absolute atomic E-state index is 0.0557. The first-order chi connectivity index (χ1) is 7.97. The van der Waals surface area contributed by atoms with Gasteiger partial charge in [0.2, 0.25) is 0 Å². The molecule has 0 spiro atoms. The Morgan fingerprint density at radius 2 is 2.00 bits per heavy atom. The average molecular weight is 295 g/mol. The molecule has 0 atom stereocenters. The third-order valence-corrected chi connectivity index (χ3v) is 2.84. The quantitative estimate of drug-likeness (QED) is 0.926. The summed E-state index contributed by atoms with van der Waals surface area (Å²) >= 11 is 3.41. The molecule has 5 heteroatoms. The third-order valence-electron chi connectivity index (χ3n) is 2.38. The number of hydrogen-bond donors (Lipinski definition) is 1. The Bertz CT molecular complexity index is 570. The molecular weight excluding hydrogens is 284 g/mol. The number of hydrogen-bond acceptors (Lipinski definition) is 2. The molecule has 0 bridgehead atoms. The lowest BCUT2D eigenvalue weighted by Gasteiger charge is -2.06. The van der Waals surface area contributed by atoms with Crippen molar-refractivity contribution >= 4 is 21.9 Å². The molecule has 0 saturated carbocycles. The summed E-state index contributed by atoms with van der Waals surface area (Å²) in [6, 6.07) is 7.40. The molecule has 0 unspecified atom stereocenters. The Hall–Kier alpha value is -1.62. The molecule has 0 fully saturated rings. The van der Waals surface area contributed by atoms with Crippen LogP contribution >= 0.6 is 15.9 Å². The number of nitrogens with zero attached hydrogens (tertiary/aromatic N) is 2. The molecule has 1 N–H and O–H groups in total. The van der Waals surface area contributed by atoms with Gasteiger partial charge in [-0.1, -0.05) is 15.9 Å². The summed E-state index contributed by atoms with van der Waals surface area (Å²) in [5, 5.41) is 13.0. The molecule has 2 rings (SSSR count). The van der Waals surface area contributed by atoms with E-state index in [-0.39, 0.29) is 5.69 Å². The first-order valence-electron chi connectivity index (χ1n) is 5.05. The molecule has 1 aromatic carbocycles. The van der Waals surface area contributed by atoms with Gasteiger partial charge in [0, 0.05) is 10.2 Å². The summed E-state index contributed by atoms with van der Waals surface area (Å²) in [7, 11) is 0. The topological polar surface area (TPSA) is 55.1 Å². The van der Waals surface area contributed by atoms with Crippen LogP contribution in [0.4, 0.5) is 0 Å². The Morgan fingerprint density at radius 1 is 1.29 bits per heavy atom. The van der Waals surface area contributed by atoms with Crippen molar-refractivity contribution < 1.29 is 9.90 Å². The minimum Gasteiger partial charge on any atom is -0.476 e. The lowest BCUT2D eigenvalue weighted by molar-refractivity contribution is 0.0690. The van der Waals surface area contributed by atoms with Crippen LogP contribution in [0.25, 0.3) is 5.69 Å². The second kappa shape index (κ2) is 4.33. The van der Waals surface area contributed by atoms with Gasteiger partial charge in [0.25, 0.3) is 0 Å². The predicted molar refractivity (Wildman–Crippen MR) is 67.7 cm³/mol. The van der Waals surface area contributed by atoms with Crippen molar-refractivity contribution in [2.24, 2.45) is 0 Å². The van der Waals surface area contributed by atoms with Gasteiger partial charge in [-0.15, -0.1) is 0 Å². The lowest BCUT2D eigenvalue weighted by atomic mass is 10.2. The van der Waals surface area contributed by atoms with Gasteiger partial charge in [-0.3, -0.25) is 0 Å². The Balaban J connectivity index is 2.56. The summed E-state index contributed by atoms with van der Waals surface area (Å²) in [6.45, 7) is 3.81. The first-order valence-corrected chi connectivity index (χ1v) is 5.84. The second-order valence-electron chi connectivity index (χ2n) is 3.87. The summed E-state index contributed by atoms with van der Waals surface area (Å²) in [4.78, 5) is 10.8. The van der Waals surface area contributed by atoms with Gasteiger partial charge in [-0.25, -0.2) is 9.48 Å². The molecule has 0 aliphatic rings. The van der Waals surface area contributed by atoms with Crippen molar-refractivity contribution in [3.05, 3.63) is 45.7 Å². The highest BCUT2D eigenvalue weighted by Crippen LogP contribution is 2.19. The van der Waals surface area contributed by atoms with Crippen LogP contribution in [0.15, 0.2) is 28.7 Å². The van der Waals surface area contributed by atoms with Crippen LogP contribution in [0, 0.1) is 13.8 Å². The van der Waals surface area contributed by atoms with Crippen molar-refractivity contribution in [2.75, 3.05) is 0 Å². The fourth-order valence-electron chi connectivity index (χ4n) is 1.68. The second-order valence-corrected chi connectivity index (χ2v) is 4.79. The lowest BCUT2D eigenvalue weighted by Crippen LogP contribution is -2.02. The van der Waals surface area contributed by atoms with E-state index in [1.54, 1.807) is 10.7 Å². The van der Waals surface area contributed by atoms with E-state index < -0.39 is 5.97 Å². The number of carbonyl (C=O) groups is 1. The minimum atomic E-state index is -1.02. The molecule has 0 amide bonds. The van der Waals surface area contributed by atoms with Crippen molar-refractivity contribution in [2.45, 2.75) is 13.8 Å². The summed E-state index contributed by atoms with van der Waals surface area (Å²) < 4.78 is 2.57.